The van der Waals surface area contributed by atoms with E-state index >= 15 is 0 Å². The second kappa shape index (κ2) is 45.4. The number of halogens is 3. The van der Waals surface area contributed by atoms with Crippen molar-refractivity contribution in [2.75, 3.05) is 58.6 Å². The Bertz CT molecular complexity index is 3390. The number of benzene rings is 3. The van der Waals surface area contributed by atoms with E-state index in [-0.39, 0.29) is 111 Å². The molecular formula is C80H113F3N16O3. The van der Waals surface area contributed by atoms with Gasteiger partial charge in [0.25, 0.3) is 0 Å². The summed E-state index contributed by atoms with van der Waals surface area (Å²) >= 11 is 0. The largest absolute Gasteiger partial charge is 0.369 e. The number of carbonyl (C=O) groups is 3. The zero-order chi connectivity index (χ0) is 70.9. The third kappa shape index (κ3) is 28.9. The van der Waals surface area contributed by atoms with E-state index in [1.54, 1.807) is 62.0 Å². The van der Waals surface area contributed by atoms with Gasteiger partial charge in [0, 0.05) is 84.4 Å². The number of rotatable bonds is 24. The molecule has 0 spiro atoms. The molecule has 22 heteroatoms. The molecule has 3 aliphatic carbocycles. The van der Waals surface area contributed by atoms with Crippen LogP contribution < -0.4 is 53.2 Å². The number of likely N-dealkylation sites (N-methyl/N-ethyl adjacent to an activating group) is 1. The average molecular weight is 1400 g/mol. The van der Waals surface area contributed by atoms with Gasteiger partial charge in [-0.1, -0.05) is 144 Å². The van der Waals surface area contributed by atoms with E-state index in [2.05, 4.69) is 139 Å². The van der Waals surface area contributed by atoms with Crippen LogP contribution in [0.3, 0.4) is 0 Å². The summed E-state index contributed by atoms with van der Waals surface area (Å²) in [6.45, 7) is 18.4. The lowest BCUT2D eigenvalue weighted by molar-refractivity contribution is -0.126. The van der Waals surface area contributed by atoms with E-state index in [0.29, 0.717) is 52.4 Å². The molecular weight excluding hydrogens is 1290 g/mol. The van der Waals surface area contributed by atoms with Gasteiger partial charge in [-0.2, -0.15) is 15.0 Å². The molecule has 3 aromatic carbocycles. The molecule has 3 fully saturated rings. The van der Waals surface area contributed by atoms with Crippen LogP contribution in [0.2, 0.25) is 0 Å². The SMILES string of the molecule is C.C.C.CCCNc1nc(Nc2cccc(F)c2)ncc1C#C[C@@H]1CCCC(NC(=O)[C@H](C)NC)C1.CCCNc1nc(Nc2cccc(F)c2)ncc1C#C[C@@H]1CCC[C@H](NC(=O)[C@H](C)CC)C1.CCCNc1nc(Nc2cccc(F)c2)ncc1C#C[C@H]1CCC[C@H](NC(=O)[C@H](C)CC)C1. The molecule has 9 atom stereocenters. The molecule has 0 radical (unpaired) electrons. The number of nitrogens with zero attached hydrogens (tertiary/aromatic N) is 6. The number of nitrogens with one attached hydrogen (secondary N) is 10. The second-order valence-electron chi connectivity index (χ2n) is 25.7. The summed E-state index contributed by atoms with van der Waals surface area (Å²) in [5.74, 6) is 23.1. The lowest BCUT2D eigenvalue weighted by Crippen LogP contribution is -2.46. The van der Waals surface area contributed by atoms with Gasteiger partial charge in [-0.05, 0) is 158 Å². The van der Waals surface area contributed by atoms with Gasteiger partial charge in [-0.15, -0.1) is 0 Å². The molecule has 1 unspecified atom stereocenters. The molecule has 3 amide bonds. The summed E-state index contributed by atoms with van der Waals surface area (Å²) in [4.78, 5) is 63.5. The summed E-state index contributed by atoms with van der Waals surface area (Å²) in [6, 6.07) is 18.9. The fourth-order valence-electron chi connectivity index (χ4n) is 11.2. The Morgan fingerprint density at radius 2 is 0.765 bits per heavy atom. The highest BCUT2D eigenvalue weighted by Crippen LogP contribution is 2.29. The van der Waals surface area contributed by atoms with Crippen molar-refractivity contribution in [1.82, 2.24) is 51.2 Å². The standard InChI is InChI=1S/2C26H34FN5O.C25H33FN6O.3CH4/c2*1-4-14-28-24-20(17-29-26(32-24)31-23-11-7-9-21(27)16-23)13-12-19-8-6-10-22(15-19)30-25(33)18(3)5-2;1-4-13-28-23-19(16-29-25(32-23)31-22-10-6-8-20(26)15-22)12-11-18-7-5-9-21(14-18)30-24(33)17(2)27-3;;;/h2*7,9,11,16-19,22H,4-6,8,10,14-15H2,1-3H3,(H,30,33)(H2,28,29,31,32);6,8,10,15-18,21,27H,4-5,7,9,13-14H2,1-3H3,(H,30,33)(H2,28,29,31,32);3*1H4/t18-,19+,22+;18-,19-,22+;17-,18-,21?;;;/m110.../s1. The van der Waals surface area contributed by atoms with Gasteiger partial charge in [0.1, 0.15) is 34.9 Å². The Morgan fingerprint density at radius 1 is 0.461 bits per heavy atom. The van der Waals surface area contributed by atoms with Crippen LogP contribution in [0.25, 0.3) is 0 Å². The van der Waals surface area contributed by atoms with Gasteiger partial charge in [0.15, 0.2) is 0 Å². The smallest absolute Gasteiger partial charge is 0.237 e. The first-order chi connectivity index (χ1) is 47.9. The van der Waals surface area contributed by atoms with Crippen molar-refractivity contribution in [2.24, 2.45) is 29.6 Å². The fourth-order valence-corrected chi connectivity index (χ4v) is 11.2. The van der Waals surface area contributed by atoms with Gasteiger partial charge >= 0.3 is 0 Å². The lowest BCUT2D eigenvalue weighted by atomic mass is 9.85. The molecule has 552 valence electrons. The normalized spacial score (nSPS) is 18.0. The first-order valence-electron chi connectivity index (χ1n) is 35.5. The van der Waals surface area contributed by atoms with Crippen LogP contribution in [0.15, 0.2) is 91.4 Å². The van der Waals surface area contributed by atoms with Gasteiger partial charge in [-0.25, -0.2) is 28.1 Å². The molecule has 0 bridgehead atoms. The Hall–Kier alpha value is -9.46. The Labute approximate surface area is 606 Å². The highest BCUT2D eigenvalue weighted by atomic mass is 19.1. The number of anilines is 9. The van der Waals surface area contributed by atoms with Gasteiger partial charge in [0.2, 0.25) is 35.6 Å². The second-order valence-corrected chi connectivity index (χ2v) is 25.7. The van der Waals surface area contributed by atoms with Crippen molar-refractivity contribution < 1.29 is 27.6 Å². The van der Waals surface area contributed by atoms with Gasteiger partial charge < -0.3 is 53.2 Å². The maximum Gasteiger partial charge on any atom is 0.237 e. The van der Waals surface area contributed by atoms with Gasteiger partial charge in [-0.3, -0.25) is 14.4 Å². The molecule has 3 aromatic heterocycles. The molecule has 9 rings (SSSR count). The number of hydrogen-bond acceptors (Lipinski definition) is 16. The third-order valence-electron chi connectivity index (χ3n) is 17.5. The van der Waals surface area contributed by atoms with Crippen molar-refractivity contribution in [3.63, 3.8) is 0 Å². The Morgan fingerprint density at radius 3 is 1.04 bits per heavy atom. The third-order valence-corrected chi connectivity index (χ3v) is 17.5. The number of aromatic nitrogens is 6. The van der Waals surface area contributed by atoms with Crippen molar-refractivity contribution in [3.8, 4) is 35.5 Å². The van der Waals surface area contributed by atoms with E-state index in [9.17, 15) is 27.6 Å². The predicted molar refractivity (Wildman–Crippen MR) is 411 cm³/mol. The molecule has 3 heterocycles. The molecule has 6 aromatic rings. The summed E-state index contributed by atoms with van der Waals surface area (Å²) < 4.78 is 40.4. The van der Waals surface area contributed by atoms with Crippen molar-refractivity contribution in [2.45, 2.75) is 211 Å². The van der Waals surface area contributed by atoms with Crippen molar-refractivity contribution in [3.05, 3.63) is 126 Å². The molecule has 0 aliphatic heterocycles. The zero-order valence-corrected chi connectivity index (χ0v) is 59.0. The number of hydrogen-bond donors (Lipinski definition) is 10. The minimum atomic E-state index is -0.325. The lowest BCUT2D eigenvalue weighted by Gasteiger charge is -2.28. The minimum Gasteiger partial charge on any atom is -0.369 e. The molecule has 102 heavy (non-hydrogen) atoms. The molecule has 10 N–H and O–H groups in total. The quantitative estimate of drug-likeness (QED) is 0.0253. The monoisotopic (exact) mass is 1400 g/mol. The maximum absolute atomic E-state index is 13.5. The van der Waals surface area contributed by atoms with Crippen molar-refractivity contribution >= 4 is 70.1 Å². The summed E-state index contributed by atoms with van der Waals surface area (Å²) in [5.41, 5.74) is 3.95. The van der Waals surface area contributed by atoms with Crippen LogP contribution in [0, 0.1) is 82.6 Å². The highest BCUT2D eigenvalue weighted by Gasteiger charge is 2.27. The van der Waals surface area contributed by atoms with Crippen LogP contribution in [0.4, 0.5) is 65.5 Å². The first kappa shape index (κ1) is 85.0. The fraction of sp³-hybridized carbons (Fsp3) is 0.512. The Kier molecular flexibility index (Phi) is 37.8. The summed E-state index contributed by atoms with van der Waals surface area (Å²) in [5, 5.41) is 31.6. The topological polar surface area (TPSA) is 249 Å². The van der Waals surface area contributed by atoms with E-state index in [4.69, 9.17) is 0 Å². The first-order valence-corrected chi connectivity index (χ1v) is 35.5. The maximum atomic E-state index is 13.5. The molecule has 3 saturated carbocycles. The minimum absolute atomic E-state index is 0. The molecule has 3 aliphatic rings. The van der Waals surface area contributed by atoms with Crippen LogP contribution in [0.1, 0.15) is 204 Å². The van der Waals surface area contributed by atoms with E-state index < -0.39 is 0 Å². The predicted octanol–water partition coefficient (Wildman–Crippen LogP) is 16.2. The van der Waals surface area contributed by atoms with E-state index in [1.807, 2.05) is 34.6 Å². The number of amides is 3. The van der Waals surface area contributed by atoms with Crippen LogP contribution in [-0.4, -0.2) is 98.5 Å². The van der Waals surface area contributed by atoms with Crippen molar-refractivity contribution in [1.29, 1.82) is 0 Å². The molecule has 19 nitrogen and oxygen atoms in total. The van der Waals surface area contributed by atoms with E-state index in [0.717, 1.165) is 145 Å². The summed E-state index contributed by atoms with van der Waals surface area (Å²) in [7, 11) is 1.78. The van der Waals surface area contributed by atoms with Gasteiger partial charge in [0.05, 0.1) is 41.3 Å². The average Bonchev–Trinajstić information content (AvgIpc) is 0.851. The summed E-state index contributed by atoms with van der Waals surface area (Å²) in [6.07, 6.45) is 21.4. The highest BCUT2D eigenvalue weighted by molar-refractivity contribution is 5.81. The van der Waals surface area contributed by atoms with E-state index in [1.165, 1.54) is 36.4 Å². The van der Waals surface area contributed by atoms with Crippen LogP contribution >= 0.6 is 0 Å². The van der Waals surface area contributed by atoms with Crippen LogP contribution in [-0.2, 0) is 14.4 Å². The number of carbonyl (C=O) groups excluding carboxylic acids is 3. The Balaban J connectivity index is 0.000000320. The van der Waals surface area contributed by atoms with Crippen LogP contribution in [0.5, 0.6) is 0 Å². The molecule has 0 saturated heterocycles. The zero-order valence-electron chi connectivity index (χ0n) is 59.0.